The predicted molar refractivity (Wildman–Crippen MR) is 167 cm³/mol. The molecular formula is C33H34N2O3P2. The number of rotatable bonds is 10. The van der Waals surface area contributed by atoms with Crippen molar-refractivity contribution in [3.63, 3.8) is 0 Å². The lowest BCUT2D eigenvalue weighted by molar-refractivity contribution is -0.142. The van der Waals surface area contributed by atoms with E-state index in [4.69, 9.17) is 5.73 Å². The van der Waals surface area contributed by atoms with Gasteiger partial charge in [0.25, 0.3) is 0 Å². The Kier molecular flexibility index (Phi) is 9.39. The van der Waals surface area contributed by atoms with Crippen molar-refractivity contribution in [3.05, 3.63) is 121 Å². The van der Waals surface area contributed by atoms with Gasteiger partial charge in [-0.2, -0.15) is 0 Å². The zero-order chi connectivity index (χ0) is 27.9. The second-order valence-electron chi connectivity index (χ2n) is 10.1. The van der Waals surface area contributed by atoms with Crippen molar-refractivity contribution >= 4 is 48.9 Å². The number of carbonyl (C=O) groups is 2. The summed E-state index contributed by atoms with van der Waals surface area (Å²) in [6, 6.07) is 41.0. The number of carboxylic acid groups (broad SMARTS) is 1. The summed E-state index contributed by atoms with van der Waals surface area (Å²) in [4.78, 5) is 27.1. The van der Waals surface area contributed by atoms with Gasteiger partial charge in [0.15, 0.2) is 0 Å². The lowest BCUT2D eigenvalue weighted by Gasteiger charge is -2.29. The van der Waals surface area contributed by atoms with Crippen LogP contribution >= 0.6 is 15.8 Å². The van der Waals surface area contributed by atoms with Crippen LogP contribution in [-0.4, -0.2) is 52.3 Å². The fourth-order valence-corrected chi connectivity index (χ4v) is 11.0. The standard InChI is InChI=1S/C33H34N2O3P2/c34-31(33(37)38)22-32(36)35-23-30(40(28-17-9-3-10-18-28)29-19-11-4-12-20-29)21-25(35)24-39(26-13-5-1-6-14-26)27-15-7-2-8-16-27/h1-20,25,30-31H,21-24,34H2,(H,37,38)/t25-,30-,31-/m0/s1. The number of carboxylic acids is 1. The topological polar surface area (TPSA) is 83.6 Å². The molecule has 0 spiro atoms. The first-order valence-corrected chi connectivity index (χ1v) is 16.5. The number of likely N-dealkylation sites (tertiary alicyclic amines) is 1. The molecule has 1 saturated heterocycles. The van der Waals surface area contributed by atoms with Gasteiger partial charge in [-0.1, -0.05) is 121 Å². The van der Waals surface area contributed by atoms with Crippen LogP contribution < -0.4 is 27.0 Å². The van der Waals surface area contributed by atoms with Crippen molar-refractivity contribution in [2.75, 3.05) is 12.7 Å². The zero-order valence-corrected chi connectivity index (χ0v) is 24.1. The van der Waals surface area contributed by atoms with Gasteiger partial charge >= 0.3 is 5.97 Å². The Bertz CT molecular complexity index is 1310. The van der Waals surface area contributed by atoms with Crippen LogP contribution in [0.15, 0.2) is 121 Å². The summed E-state index contributed by atoms with van der Waals surface area (Å²) >= 11 is 0. The first kappa shape index (κ1) is 28.2. The highest BCUT2D eigenvalue weighted by Crippen LogP contribution is 2.48. The summed E-state index contributed by atoms with van der Waals surface area (Å²) in [5.41, 5.74) is 6.10. The summed E-state index contributed by atoms with van der Waals surface area (Å²) in [7, 11) is -1.46. The summed E-state index contributed by atoms with van der Waals surface area (Å²) in [5, 5.41) is 14.6. The molecule has 0 aliphatic carbocycles. The fraction of sp³-hybridized carbons (Fsp3) is 0.212. The van der Waals surface area contributed by atoms with Crippen molar-refractivity contribution in [1.82, 2.24) is 4.90 Å². The number of nitrogens with two attached hydrogens (primary N) is 1. The number of hydrogen-bond donors (Lipinski definition) is 2. The number of benzene rings is 4. The van der Waals surface area contributed by atoms with Gasteiger partial charge in [0.05, 0.1) is 6.42 Å². The normalized spacial score (nSPS) is 17.7. The number of carbonyl (C=O) groups excluding carboxylic acids is 1. The van der Waals surface area contributed by atoms with Crippen LogP contribution in [0.2, 0.25) is 0 Å². The number of amides is 1. The van der Waals surface area contributed by atoms with Crippen molar-refractivity contribution in [2.24, 2.45) is 5.73 Å². The van der Waals surface area contributed by atoms with E-state index in [2.05, 4.69) is 97.1 Å². The molecule has 0 saturated carbocycles. The average Bonchev–Trinajstić information content (AvgIpc) is 3.41. The van der Waals surface area contributed by atoms with Gasteiger partial charge < -0.3 is 15.7 Å². The lowest BCUT2D eigenvalue weighted by Crippen LogP contribution is -2.43. The van der Waals surface area contributed by atoms with Crippen LogP contribution in [0, 0.1) is 0 Å². The third-order valence-corrected chi connectivity index (χ3v) is 12.8. The second kappa shape index (κ2) is 13.3. The van der Waals surface area contributed by atoms with Crippen molar-refractivity contribution in [2.45, 2.75) is 30.6 Å². The van der Waals surface area contributed by atoms with Crippen LogP contribution in [0.25, 0.3) is 0 Å². The van der Waals surface area contributed by atoms with E-state index in [1.54, 1.807) is 0 Å². The summed E-state index contributed by atoms with van der Waals surface area (Å²) < 4.78 is 0. The molecule has 0 aromatic heterocycles. The molecule has 0 unspecified atom stereocenters. The zero-order valence-electron chi connectivity index (χ0n) is 22.3. The highest BCUT2D eigenvalue weighted by Gasteiger charge is 2.41. The van der Waals surface area contributed by atoms with E-state index in [0.29, 0.717) is 6.54 Å². The highest BCUT2D eigenvalue weighted by atomic mass is 31.1. The molecule has 1 fully saturated rings. The quantitative estimate of drug-likeness (QED) is 0.283. The molecule has 5 nitrogen and oxygen atoms in total. The molecule has 4 aromatic rings. The van der Waals surface area contributed by atoms with Gasteiger partial charge in [-0.25, -0.2) is 0 Å². The summed E-state index contributed by atoms with van der Waals surface area (Å²) in [6.45, 7) is 0.595. The first-order chi connectivity index (χ1) is 19.5. The van der Waals surface area contributed by atoms with Gasteiger partial charge in [-0.15, -0.1) is 0 Å². The SMILES string of the molecule is N[C@@H](CC(=O)N1C[C@@H](P(c2ccccc2)c2ccccc2)C[C@H]1CP(c1ccccc1)c1ccccc1)C(=O)O. The highest BCUT2D eigenvalue weighted by molar-refractivity contribution is 7.74. The second-order valence-corrected chi connectivity index (χ2v) is 14.8. The van der Waals surface area contributed by atoms with E-state index in [0.717, 1.165) is 12.6 Å². The van der Waals surface area contributed by atoms with E-state index in [1.807, 2.05) is 29.2 Å². The van der Waals surface area contributed by atoms with E-state index in [1.165, 1.54) is 21.2 Å². The van der Waals surface area contributed by atoms with Gasteiger partial charge in [-0.3, -0.25) is 9.59 Å². The van der Waals surface area contributed by atoms with E-state index in [9.17, 15) is 14.7 Å². The largest absolute Gasteiger partial charge is 0.480 e. The van der Waals surface area contributed by atoms with Crippen LogP contribution in [0.1, 0.15) is 12.8 Å². The van der Waals surface area contributed by atoms with E-state index >= 15 is 0 Å². The number of nitrogens with zero attached hydrogens (tertiary/aromatic N) is 1. The van der Waals surface area contributed by atoms with Crippen LogP contribution in [-0.2, 0) is 9.59 Å². The molecule has 1 amide bonds. The number of aliphatic carboxylic acids is 1. The first-order valence-electron chi connectivity index (χ1n) is 13.6. The summed E-state index contributed by atoms with van der Waals surface area (Å²) in [5.74, 6) is -1.32. The van der Waals surface area contributed by atoms with Crippen LogP contribution in [0.4, 0.5) is 0 Å². The predicted octanol–water partition coefficient (Wildman–Crippen LogP) is 4.02. The molecule has 7 heteroatoms. The Morgan fingerprint density at radius 1 is 0.750 bits per heavy atom. The minimum absolute atomic E-state index is 0.0116. The Balaban J connectivity index is 1.51. The molecule has 1 heterocycles. The van der Waals surface area contributed by atoms with Crippen LogP contribution in [0.5, 0.6) is 0 Å². The molecule has 40 heavy (non-hydrogen) atoms. The molecule has 5 rings (SSSR count). The van der Waals surface area contributed by atoms with Crippen LogP contribution in [0.3, 0.4) is 0 Å². The van der Waals surface area contributed by atoms with Gasteiger partial charge in [0.1, 0.15) is 6.04 Å². The lowest BCUT2D eigenvalue weighted by atomic mass is 10.2. The van der Waals surface area contributed by atoms with E-state index < -0.39 is 27.9 Å². The Morgan fingerprint density at radius 2 is 1.18 bits per heavy atom. The maximum atomic E-state index is 13.7. The average molecular weight is 569 g/mol. The molecule has 3 atom stereocenters. The Labute approximate surface area is 238 Å². The molecule has 1 aliphatic rings. The molecule has 204 valence electrons. The summed E-state index contributed by atoms with van der Waals surface area (Å²) in [6.07, 6.45) is 1.49. The Morgan fingerprint density at radius 3 is 1.60 bits per heavy atom. The fourth-order valence-electron chi connectivity index (χ4n) is 5.48. The molecule has 1 aliphatic heterocycles. The van der Waals surface area contributed by atoms with Gasteiger partial charge in [0, 0.05) is 18.2 Å². The van der Waals surface area contributed by atoms with Crippen molar-refractivity contribution in [1.29, 1.82) is 0 Å². The van der Waals surface area contributed by atoms with Gasteiger partial charge in [-0.05, 0) is 49.6 Å². The molecule has 0 radical (unpaired) electrons. The van der Waals surface area contributed by atoms with Gasteiger partial charge in [0.2, 0.25) is 5.91 Å². The molecule has 0 bridgehead atoms. The third-order valence-electron chi connectivity index (χ3n) is 7.39. The third kappa shape index (κ3) is 6.67. The molecule has 3 N–H and O–H groups in total. The number of hydrogen-bond acceptors (Lipinski definition) is 3. The Hall–Kier alpha value is -3.36. The molecule has 4 aromatic carbocycles. The maximum absolute atomic E-state index is 13.7. The van der Waals surface area contributed by atoms with Crippen molar-refractivity contribution < 1.29 is 14.7 Å². The molecular weight excluding hydrogens is 534 g/mol. The smallest absolute Gasteiger partial charge is 0.321 e. The minimum Gasteiger partial charge on any atom is -0.480 e. The maximum Gasteiger partial charge on any atom is 0.321 e. The minimum atomic E-state index is -1.21. The van der Waals surface area contributed by atoms with Crippen molar-refractivity contribution in [3.8, 4) is 0 Å². The van der Waals surface area contributed by atoms with E-state index in [-0.39, 0.29) is 24.0 Å². The monoisotopic (exact) mass is 568 g/mol.